The highest BCUT2D eigenvalue weighted by Crippen LogP contribution is 2.19. The number of aryl methyl sites for hydroxylation is 1. The second-order valence-electron chi connectivity index (χ2n) is 5.61. The predicted molar refractivity (Wildman–Crippen MR) is 71.8 cm³/mol. The van der Waals surface area contributed by atoms with Crippen molar-refractivity contribution >= 4 is 0 Å². The zero-order valence-electron chi connectivity index (χ0n) is 11.9. The van der Waals surface area contributed by atoms with E-state index >= 15 is 0 Å². The summed E-state index contributed by atoms with van der Waals surface area (Å²) in [6.07, 6.45) is 0. The third-order valence-corrected chi connectivity index (χ3v) is 4.43. The molecule has 0 aliphatic carbocycles. The molecular formula is C13H23N5O. The summed E-state index contributed by atoms with van der Waals surface area (Å²) in [5.74, 6) is 0. The van der Waals surface area contributed by atoms with Gasteiger partial charge in [-0.25, -0.2) is 4.63 Å². The number of hydrogen-bond acceptors (Lipinski definition) is 6. The van der Waals surface area contributed by atoms with Gasteiger partial charge in [0, 0.05) is 51.9 Å². The van der Waals surface area contributed by atoms with Gasteiger partial charge in [0.1, 0.15) is 11.4 Å². The number of piperazine rings is 1. The molecule has 0 aromatic carbocycles. The molecule has 1 aromatic rings. The van der Waals surface area contributed by atoms with E-state index in [4.69, 9.17) is 4.63 Å². The molecule has 0 saturated carbocycles. The van der Waals surface area contributed by atoms with Gasteiger partial charge in [-0.2, -0.15) is 0 Å². The summed E-state index contributed by atoms with van der Waals surface area (Å²) in [6.45, 7) is 13.4. The number of aromatic nitrogens is 2. The van der Waals surface area contributed by atoms with Gasteiger partial charge in [-0.05, 0) is 13.5 Å². The standard InChI is InChI=1S/C13H23N5O/c1-3-16-4-6-18(7-5-16)12-8-17(9-12)10-13-11(2)14-19-15-13/h12H,3-10H2,1-2H3. The number of likely N-dealkylation sites (N-methyl/N-ethyl adjacent to an activating group) is 1. The van der Waals surface area contributed by atoms with Crippen LogP contribution in [0.15, 0.2) is 4.63 Å². The molecule has 106 valence electrons. The van der Waals surface area contributed by atoms with Crippen LogP contribution < -0.4 is 0 Å². The minimum absolute atomic E-state index is 0.735. The summed E-state index contributed by atoms with van der Waals surface area (Å²) in [4.78, 5) is 7.58. The fourth-order valence-electron chi connectivity index (χ4n) is 2.95. The van der Waals surface area contributed by atoms with E-state index in [0.29, 0.717) is 0 Å². The average Bonchev–Trinajstić information content (AvgIpc) is 2.79. The summed E-state index contributed by atoms with van der Waals surface area (Å²) >= 11 is 0. The van der Waals surface area contributed by atoms with E-state index in [9.17, 15) is 0 Å². The molecular weight excluding hydrogens is 242 g/mol. The van der Waals surface area contributed by atoms with Crippen molar-refractivity contribution in [1.29, 1.82) is 0 Å². The Hall–Kier alpha value is -0.980. The molecule has 0 radical (unpaired) electrons. The normalized spacial score (nSPS) is 23.7. The van der Waals surface area contributed by atoms with Crippen LogP contribution in [0.4, 0.5) is 0 Å². The van der Waals surface area contributed by atoms with Crippen molar-refractivity contribution in [1.82, 2.24) is 25.0 Å². The Morgan fingerprint density at radius 2 is 1.84 bits per heavy atom. The minimum Gasteiger partial charge on any atom is -0.301 e. The fraction of sp³-hybridized carbons (Fsp3) is 0.846. The third-order valence-electron chi connectivity index (χ3n) is 4.43. The molecule has 3 heterocycles. The Morgan fingerprint density at radius 3 is 2.42 bits per heavy atom. The monoisotopic (exact) mass is 265 g/mol. The maximum Gasteiger partial charge on any atom is 0.122 e. The first-order valence-electron chi connectivity index (χ1n) is 7.23. The molecule has 3 rings (SSSR count). The lowest BCUT2D eigenvalue weighted by Gasteiger charge is -2.48. The Morgan fingerprint density at radius 1 is 1.11 bits per heavy atom. The molecule has 0 atom stereocenters. The lowest BCUT2D eigenvalue weighted by atomic mass is 10.1. The quantitative estimate of drug-likeness (QED) is 0.775. The van der Waals surface area contributed by atoms with E-state index in [0.717, 1.165) is 37.1 Å². The zero-order chi connectivity index (χ0) is 13.2. The van der Waals surface area contributed by atoms with Crippen molar-refractivity contribution in [3.63, 3.8) is 0 Å². The SMILES string of the molecule is CCN1CCN(C2CN(Cc3nonc3C)C2)CC1. The highest BCUT2D eigenvalue weighted by molar-refractivity contribution is 5.06. The van der Waals surface area contributed by atoms with Crippen LogP contribution in [0.1, 0.15) is 18.3 Å². The van der Waals surface area contributed by atoms with Gasteiger partial charge in [0.25, 0.3) is 0 Å². The van der Waals surface area contributed by atoms with Crippen LogP contribution in [0.25, 0.3) is 0 Å². The van der Waals surface area contributed by atoms with Gasteiger partial charge in [0.15, 0.2) is 0 Å². The molecule has 0 unspecified atom stereocenters. The molecule has 0 N–H and O–H groups in total. The molecule has 0 bridgehead atoms. The number of nitrogens with zero attached hydrogens (tertiary/aromatic N) is 5. The molecule has 6 nitrogen and oxygen atoms in total. The van der Waals surface area contributed by atoms with Crippen LogP contribution in [0, 0.1) is 6.92 Å². The van der Waals surface area contributed by atoms with Crippen molar-refractivity contribution in [3.05, 3.63) is 11.4 Å². The van der Waals surface area contributed by atoms with E-state index in [2.05, 4.69) is 31.9 Å². The van der Waals surface area contributed by atoms with Crippen LogP contribution in [0.3, 0.4) is 0 Å². The third kappa shape index (κ3) is 2.80. The van der Waals surface area contributed by atoms with E-state index in [1.165, 1.54) is 32.7 Å². The Labute approximate surface area is 114 Å². The highest BCUT2D eigenvalue weighted by Gasteiger charge is 2.33. The van der Waals surface area contributed by atoms with Crippen LogP contribution in [-0.2, 0) is 6.54 Å². The molecule has 2 saturated heterocycles. The zero-order valence-corrected chi connectivity index (χ0v) is 11.9. The molecule has 0 amide bonds. The molecule has 19 heavy (non-hydrogen) atoms. The molecule has 6 heteroatoms. The van der Waals surface area contributed by atoms with Gasteiger partial charge < -0.3 is 4.90 Å². The van der Waals surface area contributed by atoms with Crippen LogP contribution in [-0.4, -0.2) is 76.9 Å². The summed E-state index contributed by atoms with van der Waals surface area (Å²) < 4.78 is 4.74. The van der Waals surface area contributed by atoms with Crippen molar-refractivity contribution in [2.24, 2.45) is 0 Å². The van der Waals surface area contributed by atoms with Crippen molar-refractivity contribution < 1.29 is 4.63 Å². The van der Waals surface area contributed by atoms with Crippen LogP contribution in [0.2, 0.25) is 0 Å². The molecule has 2 aliphatic rings. The van der Waals surface area contributed by atoms with E-state index < -0.39 is 0 Å². The first-order chi connectivity index (χ1) is 9.26. The molecule has 0 spiro atoms. The smallest absolute Gasteiger partial charge is 0.122 e. The van der Waals surface area contributed by atoms with Crippen molar-refractivity contribution in [2.45, 2.75) is 26.4 Å². The first-order valence-corrected chi connectivity index (χ1v) is 7.23. The van der Waals surface area contributed by atoms with Crippen LogP contribution >= 0.6 is 0 Å². The summed E-state index contributed by atoms with van der Waals surface area (Å²) in [5, 5.41) is 7.77. The largest absolute Gasteiger partial charge is 0.301 e. The van der Waals surface area contributed by atoms with Gasteiger partial charge in [-0.3, -0.25) is 9.80 Å². The molecule has 2 fully saturated rings. The fourth-order valence-corrected chi connectivity index (χ4v) is 2.95. The van der Waals surface area contributed by atoms with E-state index in [1.807, 2.05) is 6.92 Å². The highest BCUT2D eigenvalue weighted by atomic mass is 16.6. The van der Waals surface area contributed by atoms with Crippen molar-refractivity contribution in [3.8, 4) is 0 Å². The van der Waals surface area contributed by atoms with Crippen LogP contribution in [0.5, 0.6) is 0 Å². The summed E-state index contributed by atoms with van der Waals surface area (Å²) in [7, 11) is 0. The Kier molecular flexibility index (Phi) is 3.81. The summed E-state index contributed by atoms with van der Waals surface area (Å²) in [5.41, 5.74) is 1.90. The second-order valence-corrected chi connectivity index (χ2v) is 5.61. The van der Waals surface area contributed by atoms with Gasteiger partial charge in [0.05, 0.1) is 0 Å². The number of likely N-dealkylation sites (tertiary alicyclic amines) is 1. The Bertz CT molecular complexity index is 407. The maximum atomic E-state index is 4.74. The molecule has 2 aliphatic heterocycles. The van der Waals surface area contributed by atoms with Gasteiger partial charge in [0.2, 0.25) is 0 Å². The average molecular weight is 265 g/mol. The van der Waals surface area contributed by atoms with Gasteiger partial charge in [-0.15, -0.1) is 0 Å². The number of rotatable bonds is 4. The molecule has 1 aromatic heterocycles. The van der Waals surface area contributed by atoms with Crippen molar-refractivity contribution in [2.75, 3.05) is 45.8 Å². The van der Waals surface area contributed by atoms with E-state index in [1.54, 1.807) is 0 Å². The maximum absolute atomic E-state index is 4.74. The first kappa shape index (κ1) is 13.0. The lowest BCUT2D eigenvalue weighted by molar-refractivity contribution is 0.00112. The minimum atomic E-state index is 0.735. The topological polar surface area (TPSA) is 48.6 Å². The van der Waals surface area contributed by atoms with Gasteiger partial charge in [-0.1, -0.05) is 17.2 Å². The van der Waals surface area contributed by atoms with Gasteiger partial charge >= 0.3 is 0 Å². The number of hydrogen-bond donors (Lipinski definition) is 0. The lowest BCUT2D eigenvalue weighted by Crippen LogP contribution is -2.62. The Balaban J connectivity index is 1.42. The predicted octanol–water partition coefficient (Wildman–Crippen LogP) is 0.200. The van der Waals surface area contributed by atoms with E-state index in [-0.39, 0.29) is 0 Å². The second kappa shape index (κ2) is 5.56. The summed E-state index contributed by atoms with van der Waals surface area (Å²) in [6, 6.07) is 0.735.